The highest BCUT2D eigenvalue weighted by Crippen LogP contribution is 2.31. The van der Waals surface area contributed by atoms with E-state index in [0.717, 1.165) is 21.4 Å². The lowest BCUT2D eigenvalue weighted by Crippen LogP contribution is -2.23. The number of carbonyl (C=O) groups is 1. The molecule has 174 valence electrons. The molecule has 2 aromatic carbocycles. The van der Waals surface area contributed by atoms with E-state index in [1.54, 1.807) is 47.2 Å². The molecule has 0 atom stereocenters. The zero-order valence-corrected chi connectivity index (χ0v) is 20.1. The Morgan fingerprint density at radius 2 is 1.71 bits per heavy atom. The number of anilines is 1. The molecule has 8 nitrogen and oxygen atoms in total. The second-order valence-electron chi connectivity index (χ2n) is 7.84. The maximum Gasteiger partial charge on any atom is 0.270 e. The molecule has 0 aliphatic heterocycles. The predicted octanol–water partition coefficient (Wildman–Crippen LogP) is 4.80. The van der Waals surface area contributed by atoms with E-state index in [0.29, 0.717) is 35.7 Å². The Hall–Kier alpha value is -4.24. The van der Waals surface area contributed by atoms with Gasteiger partial charge in [-0.05, 0) is 51.3 Å². The minimum atomic E-state index is -0.205. The van der Waals surface area contributed by atoms with Crippen LogP contribution in [0.5, 0.6) is 5.75 Å². The van der Waals surface area contributed by atoms with Gasteiger partial charge in [0.15, 0.2) is 5.65 Å². The van der Waals surface area contributed by atoms with Crippen LogP contribution in [-0.2, 0) is 13.1 Å². The topological polar surface area (TPSA) is 104 Å². The quantitative estimate of drug-likeness (QED) is 0.280. The number of amides is 1. The second-order valence-corrected chi connectivity index (χ2v) is 8.69. The van der Waals surface area contributed by atoms with Gasteiger partial charge in [0.25, 0.3) is 5.91 Å². The molecule has 35 heavy (non-hydrogen) atoms. The van der Waals surface area contributed by atoms with Crippen LogP contribution in [0, 0.1) is 0 Å². The number of para-hydroxylation sites is 1. The summed E-state index contributed by atoms with van der Waals surface area (Å²) in [6.07, 6.45) is 3.29. The van der Waals surface area contributed by atoms with Crippen LogP contribution < -0.4 is 10.6 Å². The molecule has 0 radical (unpaired) electrons. The summed E-state index contributed by atoms with van der Waals surface area (Å²) in [5.41, 5.74) is 4.37. The van der Waals surface area contributed by atoms with E-state index in [1.165, 1.54) is 0 Å². The van der Waals surface area contributed by atoms with Gasteiger partial charge in [-0.1, -0.05) is 42.5 Å². The molecule has 0 fully saturated rings. The molecule has 0 spiro atoms. The number of nitrogens with one attached hydrogen (secondary N) is 2. The Morgan fingerprint density at radius 3 is 2.46 bits per heavy atom. The molecule has 9 heteroatoms. The number of nitrogens with zero attached hydrogens (tertiary/aromatic N) is 4. The molecule has 1 amide bonds. The van der Waals surface area contributed by atoms with Crippen molar-refractivity contribution in [3.05, 3.63) is 106 Å². The van der Waals surface area contributed by atoms with Crippen molar-refractivity contribution in [3.63, 3.8) is 0 Å². The normalized spacial score (nSPS) is 10.9. The van der Waals surface area contributed by atoms with E-state index in [1.807, 2.05) is 42.5 Å². The number of phenolic OH excluding ortho intramolecular Hbond substituents is 1. The first-order chi connectivity index (χ1) is 17.1. The summed E-state index contributed by atoms with van der Waals surface area (Å²) in [4.78, 5) is 20.9. The van der Waals surface area contributed by atoms with Gasteiger partial charge >= 0.3 is 0 Å². The van der Waals surface area contributed by atoms with Gasteiger partial charge in [0.1, 0.15) is 17.3 Å². The lowest BCUT2D eigenvalue weighted by atomic mass is 10.1. The molecular weight excluding hydrogens is 508 g/mol. The van der Waals surface area contributed by atoms with Crippen molar-refractivity contribution >= 4 is 33.3 Å². The number of hydrogen-bond acceptors (Lipinski definition) is 6. The van der Waals surface area contributed by atoms with Crippen LogP contribution in [0.4, 0.5) is 5.82 Å². The van der Waals surface area contributed by atoms with Crippen LogP contribution in [0.2, 0.25) is 0 Å². The number of halogens is 1. The SMILES string of the molecule is O=C(NCc1ccc(CNc2cc(-c3ccccc3O)nc3c(Br)cnn23)cc1)c1ccccn1. The van der Waals surface area contributed by atoms with Gasteiger partial charge < -0.3 is 15.7 Å². The highest BCUT2D eigenvalue weighted by molar-refractivity contribution is 9.10. The number of pyridine rings is 1. The average molecular weight is 529 g/mol. The summed E-state index contributed by atoms with van der Waals surface area (Å²) in [5.74, 6) is 0.700. The van der Waals surface area contributed by atoms with Gasteiger partial charge in [0, 0.05) is 30.9 Å². The van der Waals surface area contributed by atoms with Crippen molar-refractivity contribution in [1.29, 1.82) is 0 Å². The molecule has 5 aromatic rings. The highest BCUT2D eigenvalue weighted by atomic mass is 79.9. The van der Waals surface area contributed by atoms with E-state index in [4.69, 9.17) is 0 Å². The molecule has 0 aliphatic rings. The summed E-state index contributed by atoms with van der Waals surface area (Å²) < 4.78 is 2.48. The summed E-state index contributed by atoms with van der Waals surface area (Å²) >= 11 is 3.50. The molecule has 3 aromatic heterocycles. The van der Waals surface area contributed by atoms with Gasteiger partial charge in [-0.15, -0.1) is 0 Å². The minimum Gasteiger partial charge on any atom is -0.507 e. The van der Waals surface area contributed by atoms with E-state index < -0.39 is 0 Å². The summed E-state index contributed by atoms with van der Waals surface area (Å²) in [6, 6.07) is 22.2. The van der Waals surface area contributed by atoms with Crippen molar-refractivity contribution in [2.75, 3.05) is 5.32 Å². The van der Waals surface area contributed by atoms with Crippen LogP contribution in [0.1, 0.15) is 21.6 Å². The fraction of sp³-hybridized carbons (Fsp3) is 0.0769. The summed E-state index contributed by atoms with van der Waals surface area (Å²) in [5, 5.41) is 21.0. The lowest BCUT2D eigenvalue weighted by molar-refractivity contribution is 0.0946. The summed E-state index contributed by atoms with van der Waals surface area (Å²) in [7, 11) is 0. The van der Waals surface area contributed by atoms with Crippen LogP contribution in [0.15, 0.2) is 89.7 Å². The minimum absolute atomic E-state index is 0.164. The maximum atomic E-state index is 12.2. The lowest BCUT2D eigenvalue weighted by Gasteiger charge is -2.12. The number of aromatic hydroxyl groups is 1. The number of aromatic nitrogens is 4. The van der Waals surface area contributed by atoms with Crippen molar-refractivity contribution < 1.29 is 9.90 Å². The Balaban J connectivity index is 1.29. The van der Waals surface area contributed by atoms with E-state index >= 15 is 0 Å². The third kappa shape index (κ3) is 4.99. The number of hydrogen-bond donors (Lipinski definition) is 3. The number of rotatable bonds is 7. The van der Waals surface area contributed by atoms with Crippen molar-refractivity contribution in [2.45, 2.75) is 13.1 Å². The van der Waals surface area contributed by atoms with Gasteiger partial charge in [-0.2, -0.15) is 9.61 Å². The molecule has 0 saturated carbocycles. The number of carbonyl (C=O) groups excluding carboxylic acids is 1. The first-order valence-corrected chi connectivity index (χ1v) is 11.7. The number of fused-ring (bicyclic) bond motifs is 1. The third-order valence-electron chi connectivity index (χ3n) is 5.46. The standard InChI is InChI=1S/C26H21BrN6O2/c27-20-16-31-33-24(13-22(32-25(20)33)19-5-1-2-7-23(19)34)29-14-17-8-10-18(11-9-17)15-30-26(35)21-6-3-4-12-28-21/h1-13,16,29,34H,14-15H2,(H,30,35). The fourth-order valence-electron chi connectivity index (χ4n) is 3.63. The molecule has 0 unspecified atom stereocenters. The molecule has 3 N–H and O–H groups in total. The Morgan fingerprint density at radius 1 is 0.971 bits per heavy atom. The van der Waals surface area contributed by atoms with Crippen LogP contribution in [0.25, 0.3) is 16.9 Å². The fourth-order valence-corrected chi connectivity index (χ4v) is 3.98. The molecule has 3 heterocycles. The van der Waals surface area contributed by atoms with Crippen molar-refractivity contribution in [1.82, 2.24) is 24.9 Å². The van der Waals surface area contributed by atoms with Gasteiger partial charge in [-0.25, -0.2) is 4.98 Å². The van der Waals surface area contributed by atoms with Crippen LogP contribution >= 0.6 is 15.9 Å². The average Bonchev–Trinajstić information content (AvgIpc) is 3.28. The van der Waals surface area contributed by atoms with Crippen LogP contribution in [-0.4, -0.2) is 30.6 Å². The smallest absolute Gasteiger partial charge is 0.270 e. The largest absolute Gasteiger partial charge is 0.507 e. The van der Waals surface area contributed by atoms with E-state index in [9.17, 15) is 9.90 Å². The monoisotopic (exact) mass is 528 g/mol. The van der Waals surface area contributed by atoms with Gasteiger partial charge in [-0.3, -0.25) is 9.78 Å². The first-order valence-electron chi connectivity index (χ1n) is 10.9. The molecule has 0 saturated heterocycles. The zero-order valence-electron chi connectivity index (χ0n) is 18.5. The molecule has 5 rings (SSSR count). The van der Waals surface area contributed by atoms with E-state index in [2.05, 4.69) is 41.6 Å². The predicted molar refractivity (Wildman–Crippen MR) is 137 cm³/mol. The van der Waals surface area contributed by atoms with Crippen LogP contribution in [0.3, 0.4) is 0 Å². The summed E-state index contributed by atoms with van der Waals surface area (Å²) in [6.45, 7) is 0.969. The molecular formula is C26H21BrN6O2. The van der Waals surface area contributed by atoms with E-state index in [-0.39, 0.29) is 11.7 Å². The second kappa shape index (κ2) is 9.94. The molecule has 0 aliphatic carbocycles. The Kier molecular flexibility index (Phi) is 6.40. The number of phenols is 1. The first kappa shape index (κ1) is 22.5. The van der Waals surface area contributed by atoms with Crippen molar-refractivity contribution in [2.24, 2.45) is 0 Å². The zero-order chi connectivity index (χ0) is 24.2. The maximum absolute atomic E-state index is 12.2. The third-order valence-corrected chi connectivity index (χ3v) is 6.02. The van der Waals surface area contributed by atoms with Gasteiger partial charge in [0.2, 0.25) is 0 Å². The van der Waals surface area contributed by atoms with Crippen molar-refractivity contribution in [3.8, 4) is 17.0 Å². The van der Waals surface area contributed by atoms with Gasteiger partial charge in [0.05, 0.1) is 16.4 Å². The Labute approximate surface area is 209 Å². The molecule has 0 bridgehead atoms. The highest BCUT2D eigenvalue weighted by Gasteiger charge is 2.13. The number of benzene rings is 2. The Bertz CT molecular complexity index is 1490.